The Kier molecular flexibility index (Phi) is 6.96. The molecule has 0 atom stereocenters. The summed E-state index contributed by atoms with van der Waals surface area (Å²) in [7, 11) is -3.58. The topological polar surface area (TPSA) is 89.5 Å². The van der Waals surface area contributed by atoms with Crippen LogP contribution in [0.3, 0.4) is 0 Å². The molecular weight excluding hydrogens is 374 g/mol. The van der Waals surface area contributed by atoms with E-state index in [0.29, 0.717) is 5.56 Å². The molecule has 2 aromatic carbocycles. The molecule has 0 heterocycles. The SMILES string of the molecule is CCNS(=O)(=O)c1ccc(C(=O)OCC(=O)c2ccc(SC)cc2)cc1. The van der Waals surface area contributed by atoms with Crippen LogP contribution >= 0.6 is 11.8 Å². The Morgan fingerprint density at radius 1 is 1.00 bits per heavy atom. The number of nitrogens with one attached hydrogen (secondary N) is 1. The highest BCUT2D eigenvalue weighted by Gasteiger charge is 2.15. The smallest absolute Gasteiger partial charge is 0.338 e. The zero-order chi connectivity index (χ0) is 19.2. The molecule has 0 radical (unpaired) electrons. The van der Waals surface area contributed by atoms with Gasteiger partial charge in [0.05, 0.1) is 10.5 Å². The van der Waals surface area contributed by atoms with Crippen molar-refractivity contribution in [2.75, 3.05) is 19.4 Å². The zero-order valence-corrected chi connectivity index (χ0v) is 16.0. The van der Waals surface area contributed by atoms with Crippen molar-refractivity contribution in [3.8, 4) is 0 Å². The zero-order valence-electron chi connectivity index (χ0n) is 14.4. The van der Waals surface area contributed by atoms with E-state index in [2.05, 4.69) is 4.72 Å². The van der Waals surface area contributed by atoms with Gasteiger partial charge in [-0.1, -0.05) is 19.1 Å². The van der Waals surface area contributed by atoms with Gasteiger partial charge in [-0.15, -0.1) is 11.8 Å². The van der Waals surface area contributed by atoms with Gasteiger partial charge in [0.1, 0.15) is 0 Å². The van der Waals surface area contributed by atoms with Gasteiger partial charge in [-0.05, 0) is 42.7 Å². The van der Waals surface area contributed by atoms with Gasteiger partial charge in [-0.3, -0.25) is 4.79 Å². The minimum absolute atomic E-state index is 0.0564. The molecule has 0 amide bonds. The summed E-state index contributed by atoms with van der Waals surface area (Å²) >= 11 is 1.57. The Balaban J connectivity index is 1.98. The van der Waals surface area contributed by atoms with Crippen LogP contribution in [0.4, 0.5) is 0 Å². The standard InChI is InChI=1S/C18H19NO5S2/c1-3-19-26(22,23)16-10-6-14(7-11-16)18(21)24-12-17(20)13-4-8-15(25-2)9-5-13/h4-11,19H,3,12H2,1-2H3. The number of ketones is 1. The number of esters is 1. The van der Waals surface area contributed by atoms with E-state index in [9.17, 15) is 18.0 Å². The molecule has 2 rings (SSSR count). The van der Waals surface area contributed by atoms with Crippen molar-refractivity contribution in [3.63, 3.8) is 0 Å². The van der Waals surface area contributed by atoms with E-state index in [4.69, 9.17) is 4.74 Å². The average molecular weight is 393 g/mol. The normalized spacial score (nSPS) is 11.2. The van der Waals surface area contributed by atoms with E-state index in [1.54, 1.807) is 30.8 Å². The third-order valence-electron chi connectivity index (χ3n) is 3.48. The first kappa shape index (κ1) is 20.2. The second-order valence-electron chi connectivity index (χ2n) is 5.25. The van der Waals surface area contributed by atoms with Crippen LogP contribution in [0.1, 0.15) is 27.6 Å². The fourth-order valence-corrected chi connectivity index (χ4v) is 3.57. The van der Waals surface area contributed by atoms with Gasteiger partial charge in [0, 0.05) is 17.0 Å². The van der Waals surface area contributed by atoms with Crippen molar-refractivity contribution in [2.24, 2.45) is 0 Å². The van der Waals surface area contributed by atoms with E-state index in [1.165, 1.54) is 24.3 Å². The van der Waals surface area contributed by atoms with Gasteiger partial charge in [0.2, 0.25) is 10.0 Å². The number of sulfonamides is 1. The van der Waals surface area contributed by atoms with Crippen LogP contribution < -0.4 is 4.72 Å². The molecule has 2 aromatic rings. The van der Waals surface area contributed by atoms with E-state index < -0.39 is 16.0 Å². The van der Waals surface area contributed by atoms with Crippen LogP contribution in [0.15, 0.2) is 58.3 Å². The van der Waals surface area contributed by atoms with E-state index in [0.717, 1.165) is 4.90 Å². The van der Waals surface area contributed by atoms with E-state index in [1.807, 2.05) is 18.4 Å². The van der Waals surface area contributed by atoms with Crippen molar-refractivity contribution in [3.05, 3.63) is 59.7 Å². The molecule has 8 heteroatoms. The second kappa shape index (κ2) is 8.98. The molecule has 0 bridgehead atoms. The van der Waals surface area contributed by atoms with Crippen LogP contribution in [-0.4, -0.2) is 39.6 Å². The minimum atomic E-state index is -3.58. The van der Waals surface area contributed by atoms with Gasteiger partial charge in [-0.2, -0.15) is 0 Å². The lowest BCUT2D eigenvalue weighted by atomic mass is 10.1. The molecule has 0 spiro atoms. The van der Waals surface area contributed by atoms with Crippen LogP contribution in [0.5, 0.6) is 0 Å². The molecule has 0 saturated heterocycles. The molecule has 0 saturated carbocycles. The van der Waals surface area contributed by atoms with Crippen LogP contribution in [-0.2, 0) is 14.8 Å². The molecule has 6 nitrogen and oxygen atoms in total. The largest absolute Gasteiger partial charge is 0.454 e. The third-order valence-corrected chi connectivity index (χ3v) is 5.79. The Bertz CT molecular complexity index is 875. The second-order valence-corrected chi connectivity index (χ2v) is 7.90. The summed E-state index contributed by atoms with van der Waals surface area (Å²) in [6, 6.07) is 12.3. The summed E-state index contributed by atoms with van der Waals surface area (Å²) in [6.45, 7) is 1.57. The first-order chi connectivity index (χ1) is 12.4. The van der Waals surface area contributed by atoms with Crippen molar-refractivity contribution >= 4 is 33.5 Å². The number of benzene rings is 2. The molecule has 26 heavy (non-hydrogen) atoms. The van der Waals surface area contributed by atoms with Crippen molar-refractivity contribution in [2.45, 2.75) is 16.7 Å². The molecular formula is C18H19NO5S2. The van der Waals surface area contributed by atoms with Crippen LogP contribution in [0, 0.1) is 0 Å². The molecule has 138 valence electrons. The van der Waals surface area contributed by atoms with Gasteiger partial charge in [-0.25, -0.2) is 17.9 Å². The molecule has 0 fully saturated rings. The number of ether oxygens (including phenoxy) is 1. The third kappa shape index (κ3) is 5.17. The predicted octanol–water partition coefficient (Wildman–Crippen LogP) is 2.75. The van der Waals surface area contributed by atoms with Crippen molar-refractivity contribution < 1.29 is 22.7 Å². The Labute approximate surface area is 157 Å². The maximum atomic E-state index is 12.1. The highest BCUT2D eigenvalue weighted by Crippen LogP contribution is 2.15. The highest BCUT2D eigenvalue weighted by molar-refractivity contribution is 7.98. The number of Topliss-reactive ketones (excluding diaryl/α,β-unsaturated/α-hetero) is 1. The van der Waals surface area contributed by atoms with E-state index >= 15 is 0 Å². The molecule has 0 aliphatic carbocycles. The van der Waals surface area contributed by atoms with Gasteiger partial charge >= 0.3 is 5.97 Å². The predicted molar refractivity (Wildman–Crippen MR) is 100 cm³/mol. The number of hydrogen-bond donors (Lipinski definition) is 1. The van der Waals surface area contributed by atoms with Crippen LogP contribution in [0.2, 0.25) is 0 Å². The van der Waals surface area contributed by atoms with Gasteiger partial charge in [0.25, 0.3) is 0 Å². The number of rotatable bonds is 8. The van der Waals surface area contributed by atoms with E-state index in [-0.39, 0.29) is 29.4 Å². The summed E-state index contributed by atoms with van der Waals surface area (Å²) < 4.78 is 31.1. The monoisotopic (exact) mass is 393 g/mol. The number of hydrogen-bond acceptors (Lipinski definition) is 6. The quantitative estimate of drug-likeness (QED) is 0.421. The summed E-state index contributed by atoms with van der Waals surface area (Å²) in [5.41, 5.74) is 0.633. The molecule has 0 aliphatic heterocycles. The Morgan fingerprint density at radius 2 is 1.58 bits per heavy atom. The Morgan fingerprint density at radius 3 is 2.12 bits per heavy atom. The molecule has 0 aliphatic rings. The number of carbonyl (C=O) groups excluding carboxylic acids is 2. The lowest BCUT2D eigenvalue weighted by molar-refractivity contribution is 0.0474. The lowest BCUT2D eigenvalue weighted by Crippen LogP contribution is -2.23. The van der Waals surface area contributed by atoms with Gasteiger partial charge in [0.15, 0.2) is 12.4 Å². The first-order valence-corrected chi connectivity index (χ1v) is 10.5. The van der Waals surface area contributed by atoms with Crippen molar-refractivity contribution in [1.82, 2.24) is 4.72 Å². The molecule has 0 unspecified atom stereocenters. The summed E-state index contributed by atoms with van der Waals surface area (Å²) in [5.74, 6) is -0.996. The highest BCUT2D eigenvalue weighted by atomic mass is 32.2. The summed E-state index contributed by atoms with van der Waals surface area (Å²) in [4.78, 5) is 25.2. The molecule has 0 aromatic heterocycles. The average Bonchev–Trinajstić information content (AvgIpc) is 2.66. The maximum Gasteiger partial charge on any atom is 0.338 e. The number of thioether (sulfide) groups is 1. The van der Waals surface area contributed by atoms with Crippen LogP contribution in [0.25, 0.3) is 0 Å². The summed E-state index contributed by atoms with van der Waals surface area (Å²) in [5, 5.41) is 0. The minimum Gasteiger partial charge on any atom is -0.454 e. The maximum absolute atomic E-state index is 12.1. The molecule has 1 N–H and O–H groups in total. The van der Waals surface area contributed by atoms with Crippen molar-refractivity contribution in [1.29, 1.82) is 0 Å². The Hall–Kier alpha value is -2.16. The first-order valence-electron chi connectivity index (χ1n) is 7.81. The van der Waals surface area contributed by atoms with Gasteiger partial charge < -0.3 is 4.74 Å². The lowest BCUT2D eigenvalue weighted by Gasteiger charge is -2.07. The fourth-order valence-electron chi connectivity index (χ4n) is 2.12. The fraction of sp³-hybridized carbons (Fsp3) is 0.222. The summed E-state index contributed by atoms with van der Waals surface area (Å²) in [6.07, 6.45) is 1.94. The number of carbonyl (C=O) groups is 2.